The van der Waals surface area contributed by atoms with Gasteiger partial charge in [-0.25, -0.2) is 19.3 Å². The second-order valence-electron chi connectivity index (χ2n) is 10.9. The highest BCUT2D eigenvalue weighted by molar-refractivity contribution is 7.20. The summed E-state index contributed by atoms with van der Waals surface area (Å²) < 4.78 is 19.3. The Morgan fingerprint density at radius 3 is 2.84 bits per heavy atom. The molecule has 2 aliphatic rings. The summed E-state index contributed by atoms with van der Waals surface area (Å²) in [6.45, 7) is 14.4. The van der Waals surface area contributed by atoms with Gasteiger partial charge in [-0.1, -0.05) is 25.2 Å². The molecule has 0 radical (unpaired) electrons. The maximum absolute atomic E-state index is 12.4. The van der Waals surface area contributed by atoms with Gasteiger partial charge in [0.15, 0.2) is 0 Å². The van der Waals surface area contributed by atoms with Gasteiger partial charge in [0.1, 0.15) is 5.60 Å². The largest absolute Gasteiger partial charge is 0.477 e. The molecule has 2 fully saturated rings. The van der Waals surface area contributed by atoms with E-state index in [0.29, 0.717) is 25.0 Å². The fourth-order valence-electron chi connectivity index (χ4n) is 4.93. The summed E-state index contributed by atoms with van der Waals surface area (Å²) in [5.74, 6) is 1.06. The van der Waals surface area contributed by atoms with Gasteiger partial charge in [0.2, 0.25) is 16.0 Å². The molecule has 1 amide bonds. The lowest BCUT2D eigenvalue weighted by atomic mass is 9.92. The fourth-order valence-corrected chi connectivity index (χ4v) is 5.82. The van der Waals surface area contributed by atoms with E-state index in [4.69, 9.17) is 24.3 Å². The number of nitrogens with one attached hydrogen (secondary N) is 1. The molecule has 3 aromatic rings. The number of ether oxygens (including phenoxy) is 3. The third-order valence-corrected chi connectivity index (χ3v) is 7.65. The van der Waals surface area contributed by atoms with E-state index < -0.39 is 5.60 Å². The third-order valence-electron chi connectivity index (χ3n) is 6.66. The van der Waals surface area contributed by atoms with E-state index >= 15 is 0 Å². The molecule has 0 aliphatic carbocycles. The number of amides is 1. The zero-order chi connectivity index (χ0) is 26.3. The summed E-state index contributed by atoms with van der Waals surface area (Å²) in [5.41, 5.74) is 2.18. The number of carbonyl (C=O) groups is 1. The van der Waals surface area contributed by atoms with Crippen LogP contribution < -0.4 is 15.0 Å². The van der Waals surface area contributed by atoms with Crippen LogP contribution in [0.15, 0.2) is 18.3 Å². The minimum absolute atomic E-state index is 0.00231. The standard InChI is InChI=1S/C26H36N6O4S/c1-7-34-22-16(8-9-18(28-22)15(2)3)20-12-27-23-32(20)30-24(37-23)31-13-17-19(10-11-35-21(17)14-31)29-25(33)36-26(4,5)6/h8-9,12,15,17,19,21H,7,10-11,13-14H2,1-6H3,(H,29,33)/t17-,19+,21-/m0/s1. The van der Waals surface area contributed by atoms with Crippen LogP contribution in [0.2, 0.25) is 0 Å². The first-order valence-corrected chi connectivity index (χ1v) is 13.8. The number of rotatable bonds is 6. The van der Waals surface area contributed by atoms with Gasteiger partial charge in [-0.3, -0.25) is 0 Å². The van der Waals surface area contributed by atoms with Crippen LogP contribution in [0.25, 0.3) is 16.2 Å². The Labute approximate surface area is 221 Å². The summed E-state index contributed by atoms with van der Waals surface area (Å²) in [4.78, 5) is 24.8. The smallest absolute Gasteiger partial charge is 0.407 e. The van der Waals surface area contributed by atoms with Gasteiger partial charge in [0.05, 0.1) is 30.2 Å². The molecule has 2 aliphatic heterocycles. The molecule has 10 nitrogen and oxygen atoms in total. The van der Waals surface area contributed by atoms with Gasteiger partial charge in [-0.15, -0.1) is 5.10 Å². The van der Waals surface area contributed by atoms with Gasteiger partial charge in [0.25, 0.3) is 0 Å². The lowest BCUT2D eigenvalue weighted by Gasteiger charge is -2.33. The van der Waals surface area contributed by atoms with Gasteiger partial charge in [-0.05, 0) is 52.2 Å². The molecule has 200 valence electrons. The van der Waals surface area contributed by atoms with Crippen LogP contribution in [0.1, 0.15) is 59.6 Å². The van der Waals surface area contributed by atoms with Crippen LogP contribution in [-0.4, -0.2) is 69.7 Å². The minimum atomic E-state index is -0.531. The first-order valence-electron chi connectivity index (χ1n) is 13.0. The molecule has 3 atom stereocenters. The zero-order valence-corrected chi connectivity index (χ0v) is 23.2. The van der Waals surface area contributed by atoms with E-state index in [1.807, 2.05) is 50.5 Å². The van der Waals surface area contributed by atoms with Crippen molar-refractivity contribution in [3.63, 3.8) is 0 Å². The van der Waals surface area contributed by atoms with Crippen molar-refractivity contribution in [3.8, 4) is 17.1 Å². The predicted molar refractivity (Wildman–Crippen MR) is 143 cm³/mol. The van der Waals surface area contributed by atoms with Gasteiger partial charge >= 0.3 is 6.09 Å². The van der Waals surface area contributed by atoms with Gasteiger partial charge < -0.3 is 24.4 Å². The number of nitrogens with zero attached hydrogens (tertiary/aromatic N) is 5. The second-order valence-corrected chi connectivity index (χ2v) is 11.9. The Hall–Kier alpha value is -2.92. The van der Waals surface area contributed by atoms with E-state index in [-0.39, 0.29) is 24.2 Å². The first-order chi connectivity index (χ1) is 17.6. The number of carbonyl (C=O) groups excluding carboxylic acids is 1. The first kappa shape index (κ1) is 25.7. The average Bonchev–Trinajstić information content (AvgIpc) is 3.52. The van der Waals surface area contributed by atoms with E-state index in [2.05, 4.69) is 29.0 Å². The highest BCUT2D eigenvalue weighted by Gasteiger charge is 2.43. The number of fused-ring (bicyclic) bond motifs is 2. The van der Waals surface area contributed by atoms with Crippen molar-refractivity contribution in [1.29, 1.82) is 0 Å². The molecule has 0 bridgehead atoms. The maximum atomic E-state index is 12.4. The summed E-state index contributed by atoms with van der Waals surface area (Å²) in [6.07, 6.45) is 2.24. The molecule has 11 heteroatoms. The summed E-state index contributed by atoms with van der Waals surface area (Å²) >= 11 is 1.54. The number of pyridine rings is 1. The molecule has 37 heavy (non-hydrogen) atoms. The number of imidazole rings is 1. The molecule has 2 saturated heterocycles. The lowest BCUT2D eigenvalue weighted by Crippen LogP contribution is -2.50. The number of anilines is 1. The lowest BCUT2D eigenvalue weighted by molar-refractivity contribution is -0.0200. The van der Waals surface area contributed by atoms with Crippen LogP contribution in [0.3, 0.4) is 0 Å². The van der Waals surface area contributed by atoms with Crippen molar-refractivity contribution in [2.75, 3.05) is 31.2 Å². The maximum Gasteiger partial charge on any atom is 0.407 e. The zero-order valence-electron chi connectivity index (χ0n) is 22.4. The average molecular weight is 529 g/mol. The Bertz CT molecular complexity index is 1270. The molecular formula is C26H36N6O4S. The van der Waals surface area contributed by atoms with E-state index in [9.17, 15) is 4.79 Å². The van der Waals surface area contributed by atoms with Crippen LogP contribution in [0.4, 0.5) is 9.93 Å². The summed E-state index contributed by atoms with van der Waals surface area (Å²) in [5, 5.41) is 8.89. The number of hydrogen-bond donors (Lipinski definition) is 1. The van der Waals surface area contributed by atoms with E-state index in [1.165, 1.54) is 0 Å². The summed E-state index contributed by atoms with van der Waals surface area (Å²) in [6, 6.07) is 4.08. The molecule has 0 saturated carbocycles. The highest BCUT2D eigenvalue weighted by Crippen LogP contribution is 2.37. The third kappa shape index (κ3) is 5.38. The van der Waals surface area contributed by atoms with Crippen molar-refractivity contribution in [3.05, 3.63) is 24.0 Å². The van der Waals surface area contributed by atoms with Crippen LogP contribution in [-0.2, 0) is 9.47 Å². The monoisotopic (exact) mass is 528 g/mol. The predicted octanol–water partition coefficient (Wildman–Crippen LogP) is 4.49. The normalized spacial score (nSPS) is 21.9. The van der Waals surface area contributed by atoms with Crippen molar-refractivity contribution in [2.24, 2.45) is 5.92 Å². The molecule has 5 heterocycles. The minimum Gasteiger partial charge on any atom is -0.477 e. The van der Waals surface area contributed by atoms with Crippen molar-refractivity contribution in [1.82, 2.24) is 24.9 Å². The SMILES string of the molecule is CCOc1nc(C(C)C)ccc1-c1cnc2sc(N3C[C@@H]4[C@H](C3)OCC[C@H]4NC(=O)OC(C)(C)C)nn12. The molecule has 3 aromatic heterocycles. The Morgan fingerprint density at radius 1 is 1.30 bits per heavy atom. The van der Waals surface area contributed by atoms with Crippen LogP contribution in [0.5, 0.6) is 5.88 Å². The molecule has 5 rings (SSSR count). The number of aromatic nitrogens is 4. The Balaban J connectivity index is 1.37. The van der Waals surface area contributed by atoms with Crippen molar-refractivity contribution >= 4 is 27.5 Å². The van der Waals surface area contributed by atoms with Crippen molar-refractivity contribution < 1.29 is 19.0 Å². The molecule has 1 N–H and O–H groups in total. The van der Waals surface area contributed by atoms with Crippen LogP contribution >= 0.6 is 11.3 Å². The Kier molecular flexibility index (Phi) is 7.01. The van der Waals surface area contributed by atoms with E-state index in [1.54, 1.807) is 11.3 Å². The Morgan fingerprint density at radius 2 is 2.11 bits per heavy atom. The summed E-state index contributed by atoms with van der Waals surface area (Å²) in [7, 11) is 0. The van der Waals surface area contributed by atoms with Gasteiger partial charge in [0, 0.05) is 37.4 Å². The van der Waals surface area contributed by atoms with Crippen LogP contribution in [0, 0.1) is 5.92 Å². The topological polar surface area (TPSA) is 103 Å². The van der Waals surface area contributed by atoms with Crippen molar-refractivity contribution in [2.45, 2.75) is 71.6 Å². The van der Waals surface area contributed by atoms with E-state index in [0.717, 1.165) is 46.6 Å². The highest BCUT2D eigenvalue weighted by atomic mass is 32.1. The van der Waals surface area contributed by atoms with Gasteiger partial charge in [-0.2, -0.15) is 0 Å². The molecule has 0 aromatic carbocycles. The second kappa shape index (κ2) is 10.1. The fraction of sp³-hybridized carbons (Fsp3) is 0.615. The number of hydrogen-bond acceptors (Lipinski definition) is 9. The number of alkyl carbamates (subject to hydrolysis) is 1. The molecular weight excluding hydrogens is 492 g/mol. The quantitative estimate of drug-likeness (QED) is 0.499. The molecule has 0 unspecified atom stereocenters. The molecule has 0 spiro atoms.